The molecule has 0 amide bonds. The topological polar surface area (TPSA) is 59.3 Å². The first-order chi connectivity index (χ1) is 9.97. The Labute approximate surface area is 124 Å². The normalized spacial score (nSPS) is 10.8. The number of hydrogen-bond donors (Lipinski definition) is 1. The van der Waals surface area contributed by atoms with E-state index < -0.39 is 5.97 Å². The number of Topliss-reactive ketones (excluding diaryl/α,β-unsaturated/α-hetero) is 1. The van der Waals surface area contributed by atoms with Crippen LogP contribution >= 0.6 is 0 Å². The van der Waals surface area contributed by atoms with Crippen LogP contribution in [0.4, 0.5) is 0 Å². The van der Waals surface area contributed by atoms with Crippen LogP contribution in [0, 0.1) is 5.92 Å². The van der Waals surface area contributed by atoms with Gasteiger partial charge in [0.1, 0.15) is 0 Å². The smallest absolute Gasteiger partial charge is 0.307 e. The summed E-state index contributed by atoms with van der Waals surface area (Å²) in [5.41, 5.74) is 2.45. The predicted octanol–water partition coefficient (Wildman–Crippen LogP) is 3.00. The number of carbonyl (C=O) groups is 2. The molecule has 1 aromatic heterocycles. The van der Waals surface area contributed by atoms with Gasteiger partial charge in [0.15, 0.2) is 5.78 Å². The molecule has 0 atom stereocenters. The molecule has 1 aromatic carbocycles. The van der Waals surface area contributed by atoms with E-state index in [1.54, 1.807) is 0 Å². The first-order valence-electron chi connectivity index (χ1n) is 6.96. The first kappa shape index (κ1) is 15.0. The third kappa shape index (κ3) is 3.81. The van der Waals surface area contributed by atoms with Gasteiger partial charge >= 0.3 is 5.97 Å². The molecule has 2 aromatic rings. The molecule has 0 aliphatic heterocycles. The maximum absolute atomic E-state index is 11.9. The van der Waals surface area contributed by atoms with Crippen molar-refractivity contribution >= 4 is 11.8 Å². The molecule has 21 heavy (non-hydrogen) atoms. The number of aliphatic carboxylic acids is 1. The van der Waals surface area contributed by atoms with E-state index in [9.17, 15) is 9.59 Å². The van der Waals surface area contributed by atoms with Crippen molar-refractivity contribution in [1.29, 1.82) is 0 Å². The molecule has 0 saturated heterocycles. The fourth-order valence-corrected chi connectivity index (χ4v) is 2.26. The average molecular weight is 285 g/mol. The van der Waals surface area contributed by atoms with Crippen LogP contribution in [0.15, 0.2) is 42.7 Å². The lowest BCUT2D eigenvalue weighted by Crippen LogP contribution is -2.08. The highest BCUT2D eigenvalue weighted by molar-refractivity contribution is 5.97. The maximum atomic E-state index is 11.9. The molecule has 110 valence electrons. The van der Waals surface area contributed by atoms with E-state index in [0.29, 0.717) is 12.1 Å². The molecule has 0 aliphatic carbocycles. The Bertz CT molecular complexity index is 656. The number of benzene rings is 1. The second-order valence-electron chi connectivity index (χ2n) is 5.43. The molecule has 0 saturated carbocycles. The first-order valence-corrected chi connectivity index (χ1v) is 6.96. The van der Waals surface area contributed by atoms with Gasteiger partial charge in [0.05, 0.1) is 6.42 Å². The Kier molecular flexibility index (Phi) is 4.58. The largest absolute Gasteiger partial charge is 0.481 e. The fraction of sp³-hybridized carbons (Fsp3) is 0.294. The fourth-order valence-electron chi connectivity index (χ4n) is 2.26. The molecule has 4 heteroatoms. The Morgan fingerprint density at radius 2 is 1.81 bits per heavy atom. The molecule has 0 aliphatic rings. The van der Waals surface area contributed by atoms with Crippen LogP contribution in [0.3, 0.4) is 0 Å². The monoisotopic (exact) mass is 285 g/mol. The van der Waals surface area contributed by atoms with Gasteiger partial charge in [-0.2, -0.15) is 0 Å². The lowest BCUT2D eigenvalue weighted by atomic mass is 10.0. The average Bonchev–Trinajstić information content (AvgIpc) is 2.88. The van der Waals surface area contributed by atoms with Crippen molar-refractivity contribution in [3.05, 3.63) is 59.4 Å². The van der Waals surface area contributed by atoms with Crippen LogP contribution in [0.5, 0.6) is 0 Å². The summed E-state index contributed by atoms with van der Waals surface area (Å²) in [6.45, 7) is 4.32. The van der Waals surface area contributed by atoms with Crippen LogP contribution in [0.25, 0.3) is 0 Å². The van der Waals surface area contributed by atoms with E-state index in [-0.39, 0.29) is 18.1 Å². The Hall–Kier alpha value is -2.36. The number of rotatable bonds is 6. The van der Waals surface area contributed by atoms with Crippen LogP contribution in [-0.4, -0.2) is 21.4 Å². The molecule has 0 unspecified atom stereocenters. The minimum atomic E-state index is -0.842. The van der Waals surface area contributed by atoms with Crippen molar-refractivity contribution in [2.75, 3.05) is 0 Å². The van der Waals surface area contributed by atoms with Gasteiger partial charge in [0.25, 0.3) is 0 Å². The molecule has 0 fully saturated rings. The highest BCUT2D eigenvalue weighted by Crippen LogP contribution is 2.14. The highest BCUT2D eigenvalue weighted by Gasteiger charge is 2.12. The van der Waals surface area contributed by atoms with Gasteiger partial charge in [-0.3, -0.25) is 9.59 Å². The third-order valence-electron chi connectivity index (χ3n) is 3.37. The zero-order valence-corrected chi connectivity index (χ0v) is 12.2. The summed E-state index contributed by atoms with van der Waals surface area (Å²) >= 11 is 0. The standard InChI is InChI=1S/C17H19NO3/c1-12(2)17(21)15-7-8-18(11-15)10-14-6-4-3-5-13(14)9-16(19)20/h3-8,11-12H,9-10H2,1-2H3,(H,19,20). The molecule has 0 bridgehead atoms. The van der Waals surface area contributed by atoms with Crippen LogP contribution in [-0.2, 0) is 17.8 Å². The second-order valence-corrected chi connectivity index (χ2v) is 5.43. The lowest BCUT2D eigenvalue weighted by Gasteiger charge is -2.08. The summed E-state index contributed by atoms with van der Waals surface area (Å²) in [5.74, 6) is -0.752. The Morgan fingerprint density at radius 3 is 2.43 bits per heavy atom. The van der Waals surface area contributed by atoms with Gasteiger partial charge in [0.2, 0.25) is 0 Å². The Morgan fingerprint density at radius 1 is 1.14 bits per heavy atom. The highest BCUT2D eigenvalue weighted by atomic mass is 16.4. The second kappa shape index (κ2) is 6.39. The van der Waals surface area contributed by atoms with E-state index >= 15 is 0 Å². The van der Waals surface area contributed by atoms with E-state index in [0.717, 1.165) is 11.1 Å². The summed E-state index contributed by atoms with van der Waals surface area (Å²) in [7, 11) is 0. The molecule has 0 radical (unpaired) electrons. The van der Waals surface area contributed by atoms with Gasteiger partial charge in [0, 0.05) is 30.4 Å². The quantitative estimate of drug-likeness (QED) is 0.830. The van der Waals surface area contributed by atoms with Crippen LogP contribution < -0.4 is 0 Å². The number of carbonyl (C=O) groups excluding carboxylic acids is 1. The minimum Gasteiger partial charge on any atom is -0.481 e. The van der Waals surface area contributed by atoms with Crippen molar-refractivity contribution in [3.63, 3.8) is 0 Å². The van der Waals surface area contributed by atoms with Crippen molar-refractivity contribution in [1.82, 2.24) is 4.57 Å². The van der Waals surface area contributed by atoms with Crippen molar-refractivity contribution in [2.45, 2.75) is 26.8 Å². The third-order valence-corrected chi connectivity index (χ3v) is 3.37. The number of aromatic nitrogens is 1. The van der Waals surface area contributed by atoms with Gasteiger partial charge in [-0.25, -0.2) is 0 Å². The number of ketones is 1. The van der Waals surface area contributed by atoms with Crippen molar-refractivity contribution in [2.24, 2.45) is 5.92 Å². The van der Waals surface area contributed by atoms with Crippen LogP contribution in [0.1, 0.15) is 35.3 Å². The van der Waals surface area contributed by atoms with Gasteiger partial charge in [-0.1, -0.05) is 38.1 Å². The number of nitrogens with zero attached hydrogens (tertiary/aromatic N) is 1. The summed E-state index contributed by atoms with van der Waals surface area (Å²) in [6, 6.07) is 9.28. The molecule has 1 N–H and O–H groups in total. The van der Waals surface area contributed by atoms with E-state index in [1.165, 1.54) is 0 Å². The zero-order valence-electron chi connectivity index (χ0n) is 12.2. The summed E-state index contributed by atoms with van der Waals surface area (Å²) in [5, 5.41) is 8.94. The molecule has 0 spiro atoms. The zero-order chi connectivity index (χ0) is 15.4. The van der Waals surface area contributed by atoms with E-state index in [2.05, 4.69) is 0 Å². The SMILES string of the molecule is CC(C)C(=O)c1ccn(Cc2ccccc2CC(=O)O)c1. The minimum absolute atomic E-state index is 0.00915. The summed E-state index contributed by atoms with van der Waals surface area (Å²) in [6.07, 6.45) is 3.68. The molecule has 2 rings (SSSR count). The molecule has 4 nitrogen and oxygen atoms in total. The van der Waals surface area contributed by atoms with Crippen LogP contribution in [0.2, 0.25) is 0 Å². The predicted molar refractivity (Wildman–Crippen MR) is 80.5 cm³/mol. The molecular formula is C17H19NO3. The molecular weight excluding hydrogens is 266 g/mol. The van der Waals surface area contributed by atoms with Gasteiger partial charge in [-0.05, 0) is 17.2 Å². The number of carboxylic acid groups (broad SMARTS) is 1. The van der Waals surface area contributed by atoms with E-state index in [4.69, 9.17) is 5.11 Å². The van der Waals surface area contributed by atoms with Gasteiger partial charge < -0.3 is 9.67 Å². The van der Waals surface area contributed by atoms with E-state index in [1.807, 2.05) is 61.1 Å². The maximum Gasteiger partial charge on any atom is 0.307 e. The van der Waals surface area contributed by atoms with Crippen molar-refractivity contribution < 1.29 is 14.7 Å². The number of carboxylic acids is 1. The summed E-state index contributed by atoms with van der Waals surface area (Å²) < 4.78 is 1.91. The Balaban J connectivity index is 2.19. The summed E-state index contributed by atoms with van der Waals surface area (Å²) in [4.78, 5) is 22.8. The molecule has 1 heterocycles. The number of hydrogen-bond acceptors (Lipinski definition) is 2. The van der Waals surface area contributed by atoms with Crippen molar-refractivity contribution in [3.8, 4) is 0 Å². The van der Waals surface area contributed by atoms with Gasteiger partial charge in [-0.15, -0.1) is 0 Å². The lowest BCUT2D eigenvalue weighted by molar-refractivity contribution is -0.136.